The Kier molecular flexibility index (Phi) is 4.89. The van der Waals surface area contributed by atoms with E-state index in [4.69, 9.17) is 0 Å². The number of carbonyl (C=O) groups is 2. The first-order valence-electron chi connectivity index (χ1n) is 8.19. The fraction of sp³-hybridized carbons (Fsp3) is 0.316. The van der Waals surface area contributed by atoms with Gasteiger partial charge in [-0.15, -0.1) is 0 Å². The number of hydrogen-bond acceptors (Lipinski definition) is 3. The number of nitrogens with one attached hydrogen (secondary N) is 2. The van der Waals surface area contributed by atoms with E-state index in [0.717, 1.165) is 24.1 Å². The maximum absolute atomic E-state index is 12.5. The minimum atomic E-state index is -0.596. The topological polar surface area (TPSA) is 71.1 Å². The first kappa shape index (κ1) is 16.2. The number of aryl methyl sites for hydroxylation is 1. The van der Waals surface area contributed by atoms with E-state index < -0.39 is 6.04 Å². The van der Waals surface area contributed by atoms with Gasteiger partial charge < -0.3 is 10.6 Å². The molecule has 0 radical (unpaired) electrons. The van der Waals surface area contributed by atoms with Gasteiger partial charge in [-0.1, -0.05) is 30.3 Å². The van der Waals surface area contributed by atoms with Gasteiger partial charge in [0, 0.05) is 24.4 Å². The van der Waals surface area contributed by atoms with Crippen molar-refractivity contribution in [3.8, 4) is 0 Å². The molecule has 1 saturated carbocycles. The second kappa shape index (κ2) is 7.25. The second-order valence-electron chi connectivity index (χ2n) is 6.19. The van der Waals surface area contributed by atoms with Crippen LogP contribution < -0.4 is 10.6 Å². The van der Waals surface area contributed by atoms with E-state index in [9.17, 15) is 9.59 Å². The third-order valence-corrected chi connectivity index (χ3v) is 4.00. The maximum atomic E-state index is 12.5. The van der Waals surface area contributed by atoms with Gasteiger partial charge in [0.2, 0.25) is 5.91 Å². The molecule has 1 aliphatic rings. The van der Waals surface area contributed by atoms with Crippen molar-refractivity contribution in [2.24, 2.45) is 0 Å². The van der Waals surface area contributed by atoms with Gasteiger partial charge in [0.15, 0.2) is 0 Å². The summed E-state index contributed by atoms with van der Waals surface area (Å²) in [4.78, 5) is 29.0. The molecular weight excluding hydrogens is 302 g/mol. The van der Waals surface area contributed by atoms with Crippen molar-refractivity contribution in [3.63, 3.8) is 0 Å². The number of carbonyl (C=O) groups excluding carboxylic acids is 2. The largest absolute Gasteiger partial charge is 0.352 e. The Balaban J connectivity index is 1.71. The summed E-state index contributed by atoms with van der Waals surface area (Å²) in [5.41, 5.74) is 2.31. The smallest absolute Gasteiger partial charge is 0.253 e. The first-order chi connectivity index (χ1) is 11.6. The van der Waals surface area contributed by atoms with Crippen LogP contribution in [0.2, 0.25) is 0 Å². The maximum Gasteiger partial charge on any atom is 0.253 e. The van der Waals surface area contributed by atoms with Gasteiger partial charge >= 0.3 is 0 Å². The average Bonchev–Trinajstić information content (AvgIpc) is 3.39. The molecule has 0 aliphatic heterocycles. The van der Waals surface area contributed by atoms with E-state index >= 15 is 0 Å². The van der Waals surface area contributed by atoms with E-state index in [1.54, 1.807) is 12.1 Å². The van der Waals surface area contributed by atoms with E-state index in [1.807, 2.05) is 37.3 Å². The highest BCUT2D eigenvalue weighted by atomic mass is 16.2. The van der Waals surface area contributed by atoms with Crippen LogP contribution in [0.3, 0.4) is 0 Å². The summed E-state index contributed by atoms with van der Waals surface area (Å²) in [5.74, 6) is -0.413. The van der Waals surface area contributed by atoms with Gasteiger partial charge in [0.05, 0.1) is 5.56 Å². The van der Waals surface area contributed by atoms with Crippen LogP contribution in [0.25, 0.3) is 0 Å². The van der Waals surface area contributed by atoms with E-state index in [2.05, 4.69) is 15.6 Å². The lowest BCUT2D eigenvalue weighted by atomic mass is 10.0. The molecule has 1 aromatic heterocycles. The number of nitrogens with zero attached hydrogens (tertiary/aromatic N) is 1. The molecule has 5 nitrogen and oxygen atoms in total. The molecule has 0 saturated heterocycles. The van der Waals surface area contributed by atoms with Crippen LogP contribution in [0, 0.1) is 6.92 Å². The van der Waals surface area contributed by atoms with Gasteiger partial charge in [-0.2, -0.15) is 0 Å². The quantitative estimate of drug-likeness (QED) is 0.854. The SMILES string of the molecule is Cc1ccc(C(=O)N[C@H](Cc2ccccc2)C(=O)NC2CC2)cn1. The van der Waals surface area contributed by atoms with E-state index in [-0.39, 0.29) is 17.9 Å². The zero-order chi connectivity index (χ0) is 16.9. The minimum Gasteiger partial charge on any atom is -0.352 e. The minimum absolute atomic E-state index is 0.130. The second-order valence-corrected chi connectivity index (χ2v) is 6.19. The third-order valence-electron chi connectivity index (χ3n) is 4.00. The molecule has 1 aliphatic carbocycles. The highest BCUT2D eigenvalue weighted by molar-refractivity contribution is 5.97. The van der Waals surface area contributed by atoms with Gasteiger partial charge in [0.1, 0.15) is 6.04 Å². The summed E-state index contributed by atoms with van der Waals surface area (Å²) in [5, 5.41) is 5.81. The summed E-state index contributed by atoms with van der Waals surface area (Å²) in [6.45, 7) is 1.86. The van der Waals surface area contributed by atoms with Crippen LogP contribution >= 0.6 is 0 Å². The Labute approximate surface area is 141 Å². The number of benzene rings is 1. The van der Waals surface area contributed by atoms with Gasteiger partial charge in [-0.25, -0.2) is 0 Å². The van der Waals surface area contributed by atoms with Crippen LogP contribution in [0.5, 0.6) is 0 Å². The Morgan fingerprint density at radius 2 is 1.92 bits per heavy atom. The van der Waals surface area contributed by atoms with Crippen LogP contribution in [-0.4, -0.2) is 28.9 Å². The van der Waals surface area contributed by atoms with Crippen molar-refractivity contribution >= 4 is 11.8 Å². The van der Waals surface area contributed by atoms with Crippen molar-refractivity contribution < 1.29 is 9.59 Å². The third kappa shape index (κ3) is 4.41. The fourth-order valence-electron chi connectivity index (χ4n) is 2.43. The van der Waals surface area contributed by atoms with Crippen molar-refractivity contribution in [2.75, 3.05) is 0 Å². The van der Waals surface area contributed by atoms with Gasteiger partial charge in [-0.05, 0) is 37.5 Å². The van der Waals surface area contributed by atoms with Crippen LogP contribution in [0.4, 0.5) is 0 Å². The van der Waals surface area contributed by atoms with Crippen molar-refractivity contribution in [1.82, 2.24) is 15.6 Å². The number of rotatable bonds is 6. The zero-order valence-corrected chi connectivity index (χ0v) is 13.7. The molecule has 1 fully saturated rings. The predicted molar refractivity (Wildman–Crippen MR) is 91.5 cm³/mol. The summed E-state index contributed by atoms with van der Waals surface area (Å²) in [6.07, 6.45) is 4.02. The van der Waals surface area contributed by atoms with Crippen LogP contribution in [0.15, 0.2) is 48.7 Å². The van der Waals surface area contributed by atoms with Crippen molar-refractivity contribution in [2.45, 2.75) is 38.3 Å². The number of amides is 2. The molecule has 2 N–H and O–H groups in total. The lowest BCUT2D eigenvalue weighted by Gasteiger charge is -2.18. The Morgan fingerprint density at radius 1 is 1.17 bits per heavy atom. The molecule has 0 spiro atoms. The Hall–Kier alpha value is -2.69. The first-order valence-corrected chi connectivity index (χ1v) is 8.19. The molecule has 0 bridgehead atoms. The zero-order valence-electron chi connectivity index (χ0n) is 13.7. The summed E-state index contributed by atoms with van der Waals surface area (Å²) < 4.78 is 0. The lowest BCUT2D eigenvalue weighted by molar-refractivity contribution is -0.123. The van der Waals surface area contributed by atoms with E-state index in [1.165, 1.54) is 6.20 Å². The Bertz CT molecular complexity index is 709. The highest BCUT2D eigenvalue weighted by Gasteiger charge is 2.28. The molecule has 2 amide bonds. The van der Waals surface area contributed by atoms with Gasteiger partial charge in [-0.3, -0.25) is 14.6 Å². The van der Waals surface area contributed by atoms with Crippen molar-refractivity contribution in [3.05, 3.63) is 65.5 Å². The van der Waals surface area contributed by atoms with Crippen LogP contribution in [0.1, 0.15) is 34.5 Å². The lowest BCUT2D eigenvalue weighted by Crippen LogP contribution is -2.48. The molecule has 3 rings (SSSR count). The summed E-state index contributed by atoms with van der Waals surface area (Å²) in [7, 11) is 0. The van der Waals surface area contributed by atoms with Gasteiger partial charge in [0.25, 0.3) is 5.91 Å². The Morgan fingerprint density at radius 3 is 2.54 bits per heavy atom. The normalized spacial score (nSPS) is 14.7. The summed E-state index contributed by atoms with van der Waals surface area (Å²) >= 11 is 0. The molecular formula is C19H21N3O2. The average molecular weight is 323 g/mol. The predicted octanol–water partition coefficient (Wildman–Crippen LogP) is 2.01. The monoisotopic (exact) mass is 323 g/mol. The summed E-state index contributed by atoms with van der Waals surface area (Å²) in [6, 6.07) is 12.9. The molecule has 5 heteroatoms. The molecule has 24 heavy (non-hydrogen) atoms. The van der Waals surface area contributed by atoms with E-state index in [0.29, 0.717) is 12.0 Å². The number of pyridine rings is 1. The molecule has 1 heterocycles. The molecule has 1 aromatic carbocycles. The molecule has 124 valence electrons. The van der Waals surface area contributed by atoms with Crippen LogP contribution in [-0.2, 0) is 11.2 Å². The molecule has 2 aromatic rings. The van der Waals surface area contributed by atoms with Crippen molar-refractivity contribution in [1.29, 1.82) is 0 Å². The number of aromatic nitrogens is 1. The number of hydrogen-bond donors (Lipinski definition) is 2. The fourth-order valence-corrected chi connectivity index (χ4v) is 2.43. The standard InChI is InChI=1S/C19H21N3O2/c1-13-7-8-15(12-20-13)18(23)22-17(19(24)21-16-9-10-16)11-14-5-3-2-4-6-14/h2-8,12,16-17H,9-11H2,1H3,(H,21,24)(H,22,23)/t17-/m1/s1. The molecule has 0 unspecified atom stereocenters. The molecule has 1 atom stereocenters. The highest BCUT2D eigenvalue weighted by Crippen LogP contribution is 2.19.